The minimum atomic E-state index is -0.871. The molecule has 0 amide bonds. The Morgan fingerprint density at radius 2 is 2.05 bits per heavy atom. The first kappa shape index (κ1) is 13.9. The van der Waals surface area contributed by atoms with E-state index in [1.165, 1.54) is 12.1 Å². The maximum atomic E-state index is 11.9. The van der Waals surface area contributed by atoms with Crippen LogP contribution < -0.4 is 9.47 Å². The number of hydrogen-bond acceptors (Lipinski definition) is 5. The van der Waals surface area contributed by atoms with Crippen molar-refractivity contribution in [2.24, 2.45) is 0 Å². The molecule has 0 aliphatic carbocycles. The fraction of sp³-hybridized carbons (Fsp3) is 0.385. The molecule has 2 rings (SSSR count). The summed E-state index contributed by atoms with van der Waals surface area (Å²) >= 11 is 3.31. The van der Waals surface area contributed by atoms with Gasteiger partial charge >= 0.3 is 5.97 Å². The quantitative estimate of drug-likeness (QED) is 0.484. The minimum Gasteiger partial charge on any atom is -0.489 e. The fourth-order valence-electron chi connectivity index (χ4n) is 1.68. The molecular formula is C13H13BrO5. The van der Waals surface area contributed by atoms with Gasteiger partial charge in [0, 0.05) is 12.0 Å². The van der Waals surface area contributed by atoms with E-state index in [0.717, 1.165) is 6.42 Å². The molecule has 1 aliphatic heterocycles. The predicted molar refractivity (Wildman–Crippen MR) is 70.7 cm³/mol. The van der Waals surface area contributed by atoms with Crippen molar-refractivity contribution in [2.45, 2.75) is 13.3 Å². The highest BCUT2D eigenvalue weighted by Gasteiger charge is 2.22. The number of ketones is 1. The maximum Gasteiger partial charge on any atom is 0.379 e. The Kier molecular flexibility index (Phi) is 4.42. The lowest BCUT2D eigenvalue weighted by Crippen LogP contribution is -2.17. The van der Waals surface area contributed by atoms with Crippen LogP contribution in [0.3, 0.4) is 0 Å². The monoisotopic (exact) mass is 328 g/mol. The number of hydrogen-bond donors (Lipinski definition) is 0. The number of carbonyl (C=O) groups is 2. The molecule has 0 fully saturated rings. The molecule has 1 heterocycles. The number of halogens is 1. The van der Waals surface area contributed by atoms with E-state index in [9.17, 15) is 9.59 Å². The van der Waals surface area contributed by atoms with Gasteiger partial charge in [0.2, 0.25) is 0 Å². The summed E-state index contributed by atoms with van der Waals surface area (Å²) in [6.07, 6.45) is 0.766. The molecule has 1 aromatic carbocycles. The first-order valence-electron chi connectivity index (χ1n) is 5.94. The Morgan fingerprint density at radius 3 is 2.79 bits per heavy atom. The van der Waals surface area contributed by atoms with Gasteiger partial charge in [-0.3, -0.25) is 4.79 Å². The van der Waals surface area contributed by atoms with Gasteiger partial charge in [-0.15, -0.1) is 0 Å². The molecule has 1 aromatic rings. The molecule has 0 atom stereocenters. The second-order valence-electron chi connectivity index (χ2n) is 3.89. The number of rotatable bonds is 3. The van der Waals surface area contributed by atoms with Gasteiger partial charge < -0.3 is 14.2 Å². The van der Waals surface area contributed by atoms with Gasteiger partial charge in [-0.05, 0) is 35.0 Å². The van der Waals surface area contributed by atoms with Crippen molar-refractivity contribution in [1.82, 2.24) is 0 Å². The van der Waals surface area contributed by atoms with Crippen molar-refractivity contribution >= 4 is 27.7 Å². The maximum absolute atomic E-state index is 11.9. The third kappa shape index (κ3) is 3.07. The summed E-state index contributed by atoms with van der Waals surface area (Å²) in [6, 6.07) is 3.04. The molecular weight excluding hydrogens is 316 g/mol. The number of Topliss-reactive ketones (excluding diaryl/α,β-unsaturated/α-hetero) is 1. The van der Waals surface area contributed by atoms with Crippen LogP contribution in [0.25, 0.3) is 0 Å². The molecule has 5 nitrogen and oxygen atoms in total. The molecule has 0 N–H and O–H groups in total. The standard InChI is InChI=1S/C13H13BrO5/c1-2-17-13(16)11(15)8-6-9(14)12-10(7-8)18-4-3-5-19-12/h6-7H,2-5H2,1H3. The topological polar surface area (TPSA) is 61.8 Å². The molecule has 6 heteroatoms. The van der Waals surface area contributed by atoms with Crippen LogP contribution in [0.2, 0.25) is 0 Å². The van der Waals surface area contributed by atoms with Crippen molar-refractivity contribution in [2.75, 3.05) is 19.8 Å². The van der Waals surface area contributed by atoms with Crippen LogP contribution in [0.4, 0.5) is 0 Å². The number of carbonyl (C=O) groups excluding carboxylic acids is 2. The summed E-state index contributed by atoms with van der Waals surface area (Å²) in [7, 11) is 0. The van der Waals surface area contributed by atoms with Gasteiger partial charge in [0.15, 0.2) is 11.5 Å². The van der Waals surface area contributed by atoms with Crippen LogP contribution in [0.5, 0.6) is 11.5 Å². The smallest absolute Gasteiger partial charge is 0.379 e. The van der Waals surface area contributed by atoms with Gasteiger partial charge in [0.25, 0.3) is 5.78 Å². The Labute approximate surface area is 119 Å². The van der Waals surface area contributed by atoms with E-state index in [2.05, 4.69) is 15.9 Å². The van der Waals surface area contributed by atoms with Gasteiger partial charge in [-0.2, -0.15) is 0 Å². The van der Waals surface area contributed by atoms with Gasteiger partial charge in [-0.1, -0.05) is 0 Å². The zero-order chi connectivity index (χ0) is 13.8. The zero-order valence-corrected chi connectivity index (χ0v) is 12.0. The minimum absolute atomic E-state index is 0.163. The molecule has 1 aliphatic rings. The largest absolute Gasteiger partial charge is 0.489 e. The van der Waals surface area contributed by atoms with Crippen molar-refractivity contribution in [3.8, 4) is 11.5 Å². The Bertz CT molecular complexity index is 512. The van der Waals surface area contributed by atoms with E-state index in [1.807, 2.05) is 0 Å². The normalized spacial score (nSPS) is 13.6. The van der Waals surface area contributed by atoms with Crippen LogP contribution in [0, 0.1) is 0 Å². The van der Waals surface area contributed by atoms with Gasteiger partial charge in [0.1, 0.15) is 0 Å². The predicted octanol–water partition coefficient (Wildman–Crippen LogP) is 2.36. The summed E-state index contributed by atoms with van der Waals surface area (Å²) in [5.74, 6) is -0.556. The first-order chi connectivity index (χ1) is 9.13. The van der Waals surface area contributed by atoms with Crippen molar-refractivity contribution in [1.29, 1.82) is 0 Å². The zero-order valence-electron chi connectivity index (χ0n) is 10.4. The molecule has 0 spiro atoms. The highest BCUT2D eigenvalue weighted by atomic mass is 79.9. The van der Waals surface area contributed by atoms with Gasteiger partial charge in [-0.25, -0.2) is 4.79 Å². The summed E-state index contributed by atoms with van der Waals surface area (Å²) in [5, 5.41) is 0. The molecule has 0 radical (unpaired) electrons. The van der Waals surface area contributed by atoms with Crippen molar-refractivity contribution in [3.05, 3.63) is 22.2 Å². The number of esters is 1. The highest BCUT2D eigenvalue weighted by Crippen LogP contribution is 2.38. The molecule has 0 bridgehead atoms. The number of fused-ring (bicyclic) bond motifs is 1. The highest BCUT2D eigenvalue weighted by molar-refractivity contribution is 9.10. The first-order valence-corrected chi connectivity index (χ1v) is 6.73. The second-order valence-corrected chi connectivity index (χ2v) is 4.74. The molecule has 0 aromatic heterocycles. The Hall–Kier alpha value is -1.56. The van der Waals surface area contributed by atoms with E-state index in [0.29, 0.717) is 29.2 Å². The second kappa shape index (κ2) is 6.06. The summed E-state index contributed by atoms with van der Waals surface area (Å²) in [6.45, 7) is 2.87. The van der Waals surface area contributed by atoms with Crippen LogP contribution in [-0.4, -0.2) is 31.6 Å². The van der Waals surface area contributed by atoms with Crippen LogP contribution in [0.1, 0.15) is 23.7 Å². The molecule has 0 unspecified atom stereocenters. The van der Waals surface area contributed by atoms with E-state index in [4.69, 9.17) is 14.2 Å². The molecule has 0 saturated carbocycles. The van der Waals surface area contributed by atoms with E-state index in [1.54, 1.807) is 6.92 Å². The summed E-state index contributed by atoms with van der Waals surface area (Å²) < 4.78 is 16.3. The lowest BCUT2D eigenvalue weighted by atomic mass is 10.1. The molecule has 102 valence electrons. The Morgan fingerprint density at radius 1 is 1.32 bits per heavy atom. The van der Waals surface area contributed by atoms with E-state index < -0.39 is 11.8 Å². The van der Waals surface area contributed by atoms with Crippen LogP contribution in [-0.2, 0) is 9.53 Å². The van der Waals surface area contributed by atoms with E-state index in [-0.39, 0.29) is 12.2 Å². The Balaban J connectivity index is 2.33. The summed E-state index contributed by atoms with van der Waals surface area (Å²) in [5.41, 5.74) is 0.217. The van der Waals surface area contributed by atoms with Crippen molar-refractivity contribution < 1.29 is 23.8 Å². The number of ether oxygens (including phenoxy) is 3. The SMILES string of the molecule is CCOC(=O)C(=O)c1cc(Br)c2c(c1)OCCCO2. The lowest BCUT2D eigenvalue weighted by Gasteiger charge is -2.10. The average Bonchev–Trinajstić information content (AvgIpc) is 2.63. The van der Waals surface area contributed by atoms with Gasteiger partial charge in [0.05, 0.1) is 24.3 Å². The molecule has 19 heavy (non-hydrogen) atoms. The fourth-order valence-corrected chi connectivity index (χ4v) is 2.23. The summed E-state index contributed by atoms with van der Waals surface area (Å²) in [4.78, 5) is 23.3. The number of benzene rings is 1. The average molecular weight is 329 g/mol. The van der Waals surface area contributed by atoms with Crippen LogP contribution in [0.15, 0.2) is 16.6 Å². The third-order valence-corrected chi connectivity index (χ3v) is 3.11. The lowest BCUT2D eigenvalue weighted by molar-refractivity contribution is -0.137. The molecule has 0 saturated heterocycles. The van der Waals surface area contributed by atoms with Crippen LogP contribution >= 0.6 is 15.9 Å². The van der Waals surface area contributed by atoms with E-state index >= 15 is 0 Å². The third-order valence-electron chi connectivity index (χ3n) is 2.53. The van der Waals surface area contributed by atoms with Crippen molar-refractivity contribution in [3.63, 3.8) is 0 Å².